The number of alkyl carbamates (subject to hydrolysis) is 1. The summed E-state index contributed by atoms with van der Waals surface area (Å²) < 4.78 is 5.46. The van der Waals surface area contributed by atoms with Crippen LogP contribution in [0.3, 0.4) is 0 Å². The molecule has 0 bridgehead atoms. The molecule has 1 atom stereocenters. The lowest BCUT2D eigenvalue weighted by atomic mass is 9.93. The number of guanidine groups is 1. The third-order valence-electron chi connectivity index (χ3n) is 5.49. The van der Waals surface area contributed by atoms with Crippen molar-refractivity contribution in [1.29, 1.82) is 0 Å². The number of hydrogen-bond donors (Lipinski definition) is 3. The van der Waals surface area contributed by atoms with Crippen molar-refractivity contribution in [3.63, 3.8) is 0 Å². The first-order valence-corrected chi connectivity index (χ1v) is 11.0. The number of hydrogen-bond acceptors (Lipinski definition) is 5. The molecule has 1 unspecified atom stereocenters. The summed E-state index contributed by atoms with van der Waals surface area (Å²) >= 11 is 0. The predicted octanol–water partition coefficient (Wildman–Crippen LogP) is 2.49. The van der Waals surface area contributed by atoms with Gasteiger partial charge in [0.1, 0.15) is 5.60 Å². The monoisotopic (exact) mass is 540 g/mol. The Balaban J connectivity index is 0.00000841. The standard InChI is InChI=1S/C21H44N6O2.HI/c1-9-21(10-2,25-19(28)29-20(4,5)6)16-24-18(22-11-3)23-14-17-15-26(7)12-13-27(17)8;/h17H,9-16H2,1-8H3,(H,25,28)(H2,22,23,24);1H. The highest BCUT2D eigenvalue weighted by Gasteiger charge is 2.30. The van der Waals surface area contributed by atoms with Crippen LogP contribution in [0.25, 0.3) is 0 Å². The molecule has 1 rings (SSSR count). The van der Waals surface area contributed by atoms with E-state index < -0.39 is 11.1 Å². The van der Waals surface area contributed by atoms with Gasteiger partial charge in [-0.1, -0.05) is 13.8 Å². The van der Waals surface area contributed by atoms with Gasteiger partial charge in [-0.15, -0.1) is 24.0 Å². The highest BCUT2D eigenvalue weighted by Crippen LogP contribution is 2.17. The van der Waals surface area contributed by atoms with Gasteiger partial charge in [0.2, 0.25) is 0 Å². The van der Waals surface area contributed by atoms with Crippen molar-refractivity contribution in [2.24, 2.45) is 4.99 Å². The van der Waals surface area contributed by atoms with Gasteiger partial charge in [0.05, 0.1) is 12.1 Å². The fourth-order valence-electron chi connectivity index (χ4n) is 3.32. The van der Waals surface area contributed by atoms with Gasteiger partial charge >= 0.3 is 6.09 Å². The fraction of sp³-hybridized carbons (Fsp3) is 0.905. The van der Waals surface area contributed by atoms with Gasteiger partial charge in [0, 0.05) is 38.8 Å². The van der Waals surface area contributed by atoms with Crippen molar-refractivity contribution < 1.29 is 9.53 Å². The van der Waals surface area contributed by atoms with Crippen LogP contribution in [0.2, 0.25) is 0 Å². The molecular weight excluding hydrogens is 495 g/mol. The zero-order valence-electron chi connectivity index (χ0n) is 20.3. The van der Waals surface area contributed by atoms with Gasteiger partial charge in [0.15, 0.2) is 5.96 Å². The number of rotatable bonds is 8. The first-order valence-electron chi connectivity index (χ1n) is 11.0. The zero-order valence-corrected chi connectivity index (χ0v) is 22.6. The Morgan fingerprint density at radius 2 is 1.73 bits per heavy atom. The van der Waals surface area contributed by atoms with Gasteiger partial charge < -0.3 is 25.6 Å². The van der Waals surface area contributed by atoms with Gasteiger partial charge in [-0.05, 0) is 54.6 Å². The quantitative estimate of drug-likeness (QED) is 0.250. The van der Waals surface area contributed by atoms with E-state index in [0.717, 1.165) is 51.5 Å². The van der Waals surface area contributed by atoms with E-state index >= 15 is 0 Å². The summed E-state index contributed by atoms with van der Waals surface area (Å²) in [5, 5.41) is 9.87. The lowest BCUT2D eigenvalue weighted by Crippen LogP contribution is -2.56. The molecule has 0 aromatic rings. The van der Waals surface area contributed by atoms with E-state index in [1.54, 1.807) is 0 Å². The van der Waals surface area contributed by atoms with E-state index in [0.29, 0.717) is 12.6 Å². The van der Waals surface area contributed by atoms with Crippen molar-refractivity contribution in [3.8, 4) is 0 Å². The summed E-state index contributed by atoms with van der Waals surface area (Å²) in [5.41, 5.74) is -0.942. The third kappa shape index (κ3) is 10.5. The molecule has 0 aromatic carbocycles. The molecule has 1 aliphatic heterocycles. The molecule has 0 saturated carbocycles. The number of ether oxygens (including phenoxy) is 1. The van der Waals surface area contributed by atoms with Crippen LogP contribution in [0.4, 0.5) is 4.79 Å². The van der Waals surface area contributed by atoms with Crippen molar-refractivity contribution >= 4 is 36.0 Å². The first kappa shape index (κ1) is 29.2. The van der Waals surface area contributed by atoms with E-state index in [-0.39, 0.29) is 30.1 Å². The van der Waals surface area contributed by atoms with Gasteiger partial charge in [-0.2, -0.15) is 0 Å². The number of piperazine rings is 1. The van der Waals surface area contributed by atoms with Crippen LogP contribution in [0.1, 0.15) is 54.4 Å². The highest BCUT2D eigenvalue weighted by atomic mass is 127. The maximum Gasteiger partial charge on any atom is 0.408 e. The summed E-state index contributed by atoms with van der Waals surface area (Å²) in [6.07, 6.45) is 1.17. The highest BCUT2D eigenvalue weighted by molar-refractivity contribution is 14.0. The molecule has 8 nitrogen and oxygen atoms in total. The van der Waals surface area contributed by atoms with Crippen LogP contribution >= 0.6 is 24.0 Å². The average Bonchev–Trinajstić information content (AvgIpc) is 2.63. The predicted molar refractivity (Wildman–Crippen MR) is 136 cm³/mol. The molecule has 3 N–H and O–H groups in total. The molecule has 1 saturated heterocycles. The minimum absolute atomic E-state index is 0. The summed E-state index contributed by atoms with van der Waals surface area (Å²) in [4.78, 5) is 21.9. The molecule has 0 aromatic heterocycles. The Kier molecular flexibility index (Phi) is 13.2. The van der Waals surface area contributed by atoms with E-state index in [2.05, 4.69) is 60.6 Å². The SMILES string of the molecule is CCNC(=NCC(CC)(CC)NC(=O)OC(C)(C)C)NCC1CN(C)CCN1C.I. The van der Waals surface area contributed by atoms with E-state index in [4.69, 9.17) is 9.73 Å². The second-order valence-corrected chi connectivity index (χ2v) is 9.09. The molecule has 0 radical (unpaired) electrons. The largest absolute Gasteiger partial charge is 0.444 e. The summed E-state index contributed by atoms with van der Waals surface area (Å²) in [5.74, 6) is 0.784. The fourth-order valence-corrected chi connectivity index (χ4v) is 3.32. The zero-order chi connectivity index (χ0) is 22.1. The number of carbonyl (C=O) groups excluding carboxylic acids is 1. The smallest absolute Gasteiger partial charge is 0.408 e. The minimum Gasteiger partial charge on any atom is -0.444 e. The second-order valence-electron chi connectivity index (χ2n) is 9.09. The van der Waals surface area contributed by atoms with E-state index in [1.807, 2.05) is 20.8 Å². The minimum atomic E-state index is -0.518. The Morgan fingerprint density at radius 3 is 2.27 bits per heavy atom. The molecule has 1 aliphatic rings. The maximum absolute atomic E-state index is 12.3. The number of carbonyl (C=O) groups is 1. The molecule has 0 aliphatic carbocycles. The Hall–Kier alpha value is -0.810. The summed E-state index contributed by atoms with van der Waals surface area (Å²) in [6.45, 7) is 17.2. The number of likely N-dealkylation sites (N-methyl/N-ethyl adjacent to an activating group) is 2. The van der Waals surface area contributed by atoms with E-state index in [1.165, 1.54) is 0 Å². The van der Waals surface area contributed by atoms with Crippen LogP contribution in [-0.4, -0.2) is 92.4 Å². The molecule has 1 amide bonds. The van der Waals surface area contributed by atoms with Crippen LogP contribution < -0.4 is 16.0 Å². The number of halogens is 1. The normalized spacial score (nSPS) is 19.1. The Bertz CT molecular complexity index is 534. The average molecular weight is 541 g/mol. The van der Waals surface area contributed by atoms with Crippen LogP contribution in [0.15, 0.2) is 4.99 Å². The second kappa shape index (κ2) is 13.6. The number of nitrogens with zero attached hydrogens (tertiary/aromatic N) is 3. The number of aliphatic imine (C=N–C) groups is 1. The molecular formula is C21H45IN6O2. The summed E-state index contributed by atoms with van der Waals surface area (Å²) in [7, 11) is 4.34. The maximum atomic E-state index is 12.3. The van der Waals surface area contributed by atoms with Gasteiger partial charge in [-0.25, -0.2) is 4.79 Å². The lowest BCUT2D eigenvalue weighted by Gasteiger charge is -2.38. The van der Waals surface area contributed by atoms with Gasteiger partial charge in [0.25, 0.3) is 0 Å². The molecule has 30 heavy (non-hydrogen) atoms. The Labute approximate surface area is 201 Å². The van der Waals surface area contributed by atoms with Crippen LogP contribution in [-0.2, 0) is 4.74 Å². The number of amides is 1. The van der Waals surface area contributed by atoms with Gasteiger partial charge in [-0.3, -0.25) is 9.89 Å². The molecule has 9 heteroatoms. The topological polar surface area (TPSA) is 81.2 Å². The van der Waals surface area contributed by atoms with Crippen LogP contribution in [0, 0.1) is 0 Å². The molecule has 1 heterocycles. The summed E-state index contributed by atoms with van der Waals surface area (Å²) in [6, 6.07) is 0.444. The lowest BCUT2D eigenvalue weighted by molar-refractivity contribution is 0.0452. The Morgan fingerprint density at radius 1 is 1.10 bits per heavy atom. The van der Waals surface area contributed by atoms with Crippen molar-refractivity contribution in [1.82, 2.24) is 25.8 Å². The first-order chi connectivity index (χ1) is 13.5. The third-order valence-corrected chi connectivity index (χ3v) is 5.49. The van der Waals surface area contributed by atoms with Crippen molar-refractivity contribution in [2.45, 2.75) is 71.6 Å². The van der Waals surface area contributed by atoms with Crippen LogP contribution in [0.5, 0.6) is 0 Å². The molecule has 1 fully saturated rings. The molecule has 0 spiro atoms. The van der Waals surface area contributed by atoms with E-state index in [9.17, 15) is 4.79 Å². The van der Waals surface area contributed by atoms with Crippen molar-refractivity contribution in [3.05, 3.63) is 0 Å². The number of nitrogens with one attached hydrogen (secondary N) is 3. The van der Waals surface area contributed by atoms with Crippen molar-refractivity contribution in [2.75, 3.05) is 53.4 Å². The molecule has 178 valence electrons.